The number of nitrogens with two attached hydrogens (primary N) is 1. The van der Waals surface area contributed by atoms with Gasteiger partial charge >= 0.3 is 6.09 Å². The van der Waals surface area contributed by atoms with Gasteiger partial charge in [0.2, 0.25) is 0 Å². The van der Waals surface area contributed by atoms with Crippen molar-refractivity contribution in [2.75, 3.05) is 19.7 Å². The molecule has 0 aromatic heterocycles. The van der Waals surface area contributed by atoms with Crippen molar-refractivity contribution >= 4 is 6.09 Å². The molecule has 1 unspecified atom stereocenters. The molecule has 1 aromatic rings. The van der Waals surface area contributed by atoms with Gasteiger partial charge in [0.25, 0.3) is 0 Å². The number of hydrogen-bond acceptors (Lipinski definition) is 4. The minimum Gasteiger partial charge on any atom is -0.494 e. The lowest BCUT2D eigenvalue weighted by Crippen LogP contribution is -2.43. The predicted octanol–water partition coefficient (Wildman–Crippen LogP) is 4.18. The Balaban J connectivity index is 1.84. The van der Waals surface area contributed by atoms with E-state index < -0.39 is 5.60 Å². The minimum absolute atomic E-state index is 0.204. The van der Waals surface area contributed by atoms with Crippen LogP contribution in [0.25, 0.3) is 0 Å². The van der Waals surface area contributed by atoms with Gasteiger partial charge < -0.3 is 20.1 Å². The van der Waals surface area contributed by atoms with Gasteiger partial charge in [-0.2, -0.15) is 0 Å². The minimum atomic E-state index is -0.447. The summed E-state index contributed by atoms with van der Waals surface area (Å²) >= 11 is 0. The molecule has 5 heteroatoms. The van der Waals surface area contributed by atoms with Crippen molar-refractivity contribution in [2.45, 2.75) is 66.0 Å². The van der Waals surface area contributed by atoms with Crippen molar-refractivity contribution in [3.63, 3.8) is 0 Å². The van der Waals surface area contributed by atoms with Crippen molar-refractivity contribution in [1.29, 1.82) is 0 Å². The van der Waals surface area contributed by atoms with E-state index in [2.05, 4.69) is 19.9 Å². The number of carbonyl (C=O) groups excluding carboxylic acids is 1. The Labute approximate surface area is 157 Å². The number of nitrogens with zero attached hydrogens (tertiary/aromatic N) is 1. The lowest BCUT2D eigenvalue weighted by Gasteiger charge is -2.34. The zero-order valence-corrected chi connectivity index (χ0v) is 16.9. The van der Waals surface area contributed by atoms with E-state index in [1.807, 2.05) is 31.7 Å². The van der Waals surface area contributed by atoms with Crippen LogP contribution in [0, 0.1) is 19.8 Å². The van der Waals surface area contributed by atoms with Crippen LogP contribution < -0.4 is 10.5 Å². The molecular formula is C21H34N2O3. The number of rotatable bonds is 5. The fourth-order valence-corrected chi connectivity index (χ4v) is 3.33. The van der Waals surface area contributed by atoms with E-state index in [0.29, 0.717) is 19.1 Å². The van der Waals surface area contributed by atoms with Crippen LogP contribution in [0.15, 0.2) is 12.1 Å². The Bertz CT molecular complexity index is 622. The fourth-order valence-electron chi connectivity index (χ4n) is 3.33. The molecule has 1 saturated heterocycles. The largest absolute Gasteiger partial charge is 0.494 e. The average Bonchev–Trinajstić information content (AvgIpc) is 2.56. The summed E-state index contributed by atoms with van der Waals surface area (Å²) in [5.41, 5.74) is 8.94. The summed E-state index contributed by atoms with van der Waals surface area (Å²) in [5.74, 6) is 1.34. The highest BCUT2D eigenvalue weighted by Crippen LogP contribution is 2.24. The number of piperidine rings is 1. The normalized spacial score (nSPS) is 17.9. The van der Waals surface area contributed by atoms with Gasteiger partial charge in [-0.15, -0.1) is 0 Å². The van der Waals surface area contributed by atoms with Crippen LogP contribution in [0.4, 0.5) is 4.79 Å². The van der Waals surface area contributed by atoms with Gasteiger partial charge in [0.1, 0.15) is 11.4 Å². The molecule has 0 saturated carbocycles. The Kier molecular flexibility index (Phi) is 6.93. The second-order valence-electron chi connectivity index (χ2n) is 8.30. The van der Waals surface area contributed by atoms with E-state index in [1.165, 1.54) is 11.1 Å². The zero-order valence-electron chi connectivity index (χ0n) is 16.9. The van der Waals surface area contributed by atoms with Crippen LogP contribution in [-0.2, 0) is 11.3 Å². The van der Waals surface area contributed by atoms with Gasteiger partial charge in [0, 0.05) is 19.6 Å². The van der Waals surface area contributed by atoms with E-state index in [-0.39, 0.29) is 6.09 Å². The Morgan fingerprint density at radius 2 is 2.04 bits per heavy atom. The smallest absolute Gasteiger partial charge is 0.410 e. The summed E-state index contributed by atoms with van der Waals surface area (Å²) in [7, 11) is 0. The summed E-state index contributed by atoms with van der Waals surface area (Å²) in [6.07, 6.45) is 2.88. The molecule has 26 heavy (non-hydrogen) atoms. The maximum Gasteiger partial charge on any atom is 0.410 e. The first-order chi connectivity index (χ1) is 12.2. The van der Waals surface area contributed by atoms with Gasteiger partial charge in [-0.05, 0) is 88.6 Å². The summed E-state index contributed by atoms with van der Waals surface area (Å²) < 4.78 is 11.5. The lowest BCUT2D eigenvalue weighted by molar-refractivity contribution is 0.0154. The first kappa shape index (κ1) is 20.6. The Morgan fingerprint density at radius 3 is 2.69 bits per heavy atom. The maximum absolute atomic E-state index is 12.3. The van der Waals surface area contributed by atoms with Crippen molar-refractivity contribution in [3.8, 4) is 5.75 Å². The number of likely N-dealkylation sites (tertiary alicyclic amines) is 1. The van der Waals surface area contributed by atoms with Crippen molar-refractivity contribution < 1.29 is 14.3 Å². The molecule has 0 spiro atoms. The second-order valence-corrected chi connectivity index (χ2v) is 8.30. The average molecular weight is 363 g/mol. The number of benzene rings is 1. The molecule has 1 amide bonds. The fraction of sp³-hybridized carbons (Fsp3) is 0.667. The number of carbonyl (C=O) groups is 1. The molecule has 2 N–H and O–H groups in total. The SMILES string of the molecule is Cc1cc(OCCC2CCCN(C(=O)OC(C)(C)C)C2)cc(CN)c1C. The molecule has 0 bridgehead atoms. The number of amides is 1. The zero-order chi connectivity index (χ0) is 19.3. The number of hydrogen-bond donors (Lipinski definition) is 1. The van der Waals surface area contributed by atoms with Gasteiger partial charge in [-0.1, -0.05) is 0 Å². The molecule has 0 aliphatic carbocycles. The first-order valence-corrected chi connectivity index (χ1v) is 9.60. The van der Waals surface area contributed by atoms with Crippen LogP contribution in [-0.4, -0.2) is 36.3 Å². The Hall–Kier alpha value is -1.75. The van der Waals surface area contributed by atoms with E-state index in [1.54, 1.807) is 0 Å². The van der Waals surface area contributed by atoms with Crippen LogP contribution in [0.2, 0.25) is 0 Å². The van der Waals surface area contributed by atoms with Crippen LogP contribution >= 0.6 is 0 Å². The molecule has 5 nitrogen and oxygen atoms in total. The molecule has 1 aromatic carbocycles. The third-order valence-electron chi connectivity index (χ3n) is 4.93. The van der Waals surface area contributed by atoms with Crippen LogP contribution in [0.1, 0.15) is 56.7 Å². The molecule has 1 atom stereocenters. The van der Waals surface area contributed by atoms with E-state index >= 15 is 0 Å². The summed E-state index contributed by atoms with van der Waals surface area (Å²) in [5, 5.41) is 0. The van der Waals surface area contributed by atoms with E-state index in [4.69, 9.17) is 15.2 Å². The number of aryl methyl sites for hydroxylation is 1. The molecule has 0 radical (unpaired) electrons. The molecule has 146 valence electrons. The molecule has 1 aliphatic heterocycles. The third-order valence-corrected chi connectivity index (χ3v) is 4.93. The molecule has 1 heterocycles. The third kappa shape index (κ3) is 5.90. The topological polar surface area (TPSA) is 64.8 Å². The Morgan fingerprint density at radius 1 is 1.31 bits per heavy atom. The van der Waals surface area contributed by atoms with Gasteiger partial charge in [0.05, 0.1) is 6.61 Å². The molecule has 1 aliphatic rings. The maximum atomic E-state index is 12.3. The van der Waals surface area contributed by atoms with Gasteiger partial charge in [-0.3, -0.25) is 0 Å². The van der Waals surface area contributed by atoms with Gasteiger partial charge in [-0.25, -0.2) is 4.79 Å². The van der Waals surface area contributed by atoms with Crippen LogP contribution in [0.5, 0.6) is 5.75 Å². The summed E-state index contributed by atoms with van der Waals surface area (Å²) in [4.78, 5) is 14.1. The highest BCUT2D eigenvalue weighted by Gasteiger charge is 2.27. The molecular weight excluding hydrogens is 328 g/mol. The monoisotopic (exact) mass is 362 g/mol. The molecule has 2 rings (SSSR count). The quantitative estimate of drug-likeness (QED) is 0.853. The predicted molar refractivity (Wildman–Crippen MR) is 104 cm³/mol. The summed E-state index contributed by atoms with van der Waals surface area (Å²) in [6.45, 7) is 12.6. The van der Waals surface area contributed by atoms with Gasteiger partial charge in [0.15, 0.2) is 0 Å². The van der Waals surface area contributed by atoms with Crippen molar-refractivity contribution in [2.24, 2.45) is 11.7 Å². The highest BCUT2D eigenvalue weighted by atomic mass is 16.6. The van der Waals surface area contributed by atoms with Crippen molar-refractivity contribution in [3.05, 3.63) is 28.8 Å². The van der Waals surface area contributed by atoms with Crippen LogP contribution in [0.3, 0.4) is 0 Å². The standard InChI is InChI=1S/C21H34N2O3/c1-15-11-19(12-18(13-22)16(15)2)25-10-8-17-7-6-9-23(14-17)20(24)26-21(3,4)5/h11-12,17H,6-10,13-14,22H2,1-5H3. The van der Waals surface area contributed by atoms with E-state index in [9.17, 15) is 4.79 Å². The summed E-state index contributed by atoms with van der Waals surface area (Å²) in [6, 6.07) is 4.11. The molecule has 1 fully saturated rings. The van der Waals surface area contributed by atoms with Crippen molar-refractivity contribution in [1.82, 2.24) is 4.90 Å². The number of ether oxygens (including phenoxy) is 2. The highest BCUT2D eigenvalue weighted by molar-refractivity contribution is 5.68. The first-order valence-electron chi connectivity index (χ1n) is 9.60. The lowest BCUT2D eigenvalue weighted by atomic mass is 9.95. The second kappa shape index (κ2) is 8.76. The van der Waals surface area contributed by atoms with E-state index in [0.717, 1.165) is 43.7 Å².